The van der Waals surface area contributed by atoms with Gasteiger partial charge in [-0.25, -0.2) is 16.8 Å². The molecule has 0 saturated heterocycles. The number of nitrogen functional groups attached to an aromatic ring is 1. The Morgan fingerprint density at radius 1 is 0.723 bits per heavy atom. The summed E-state index contributed by atoms with van der Waals surface area (Å²) in [6, 6.07) is 11.6. The Morgan fingerprint density at radius 3 is 1.77 bits per heavy atom. The summed E-state index contributed by atoms with van der Waals surface area (Å²) in [4.78, 5) is -0.829. The third-order valence-corrected chi connectivity index (χ3v) is 11.4. The van der Waals surface area contributed by atoms with Crippen LogP contribution in [0.1, 0.15) is 20.3 Å². The van der Waals surface area contributed by atoms with Crippen LogP contribution in [0.2, 0.25) is 0 Å². The average molecular weight is 706 g/mol. The second-order valence-corrected chi connectivity index (χ2v) is 15.7. The number of azo groups is 2. The van der Waals surface area contributed by atoms with Crippen molar-refractivity contribution in [1.82, 2.24) is 0 Å². The van der Waals surface area contributed by atoms with Crippen molar-refractivity contribution in [2.45, 2.75) is 35.0 Å². The Bertz CT molecular complexity index is 2250. The van der Waals surface area contributed by atoms with Crippen LogP contribution in [0.3, 0.4) is 0 Å². The van der Waals surface area contributed by atoms with Crippen LogP contribution in [-0.2, 0) is 29.8 Å². The van der Waals surface area contributed by atoms with Crippen LogP contribution < -0.4 is 15.2 Å². The van der Waals surface area contributed by atoms with E-state index in [1.54, 1.807) is 6.92 Å². The van der Waals surface area contributed by atoms with Crippen LogP contribution in [-0.4, -0.2) is 60.6 Å². The predicted octanol–water partition coefficient (Wildman–Crippen LogP) is 6.20. The van der Waals surface area contributed by atoms with E-state index in [2.05, 4.69) is 20.5 Å². The smallest absolute Gasteiger partial charge is 0.296 e. The highest BCUT2D eigenvalue weighted by Gasteiger charge is 2.24. The van der Waals surface area contributed by atoms with Gasteiger partial charge in [0.15, 0.2) is 25.4 Å². The normalized spacial score (nSPS) is 12.7. The minimum absolute atomic E-state index is 0.0143. The molecular formula is C29H31N5O10S3. The van der Waals surface area contributed by atoms with E-state index in [-0.39, 0.29) is 60.6 Å². The zero-order valence-electron chi connectivity index (χ0n) is 25.6. The minimum Gasteiger partial charge on any atom is -0.505 e. The van der Waals surface area contributed by atoms with Crippen LogP contribution in [0.25, 0.3) is 10.8 Å². The van der Waals surface area contributed by atoms with Crippen LogP contribution in [0, 0.1) is 0 Å². The summed E-state index contributed by atoms with van der Waals surface area (Å²) in [6.07, 6.45) is 0.363. The molecule has 0 fully saturated rings. The average Bonchev–Trinajstić information content (AvgIpc) is 3.02. The number of aromatic hydroxyl groups is 1. The molecule has 47 heavy (non-hydrogen) atoms. The molecule has 15 nitrogen and oxygen atoms in total. The number of rotatable bonds is 12. The van der Waals surface area contributed by atoms with Gasteiger partial charge < -0.3 is 20.3 Å². The van der Waals surface area contributed by atoms with Crippen molar-refractivity contribution < 1.29 is 44.4 Å². The number of nitrogens with zero attached hydrogens (tertiary/aromatic N) is 4. The zero-order valence-corrected chi connectivity index (χ0v) is 28.0. The van der Waals surface area contributed by atoms with E-state index in [1.807, 2.05) is 0 Å². The van der Waals surface area contributed by atoms with Crippen molar-refractivity contribution >= 4 is 69.0 Å². The van der Waals surface area contributed by atoms with Crippen molar-refractivity contribution in [1.29, 1.82) is 0 Å². The van der Waals surface area contributed by atoms with Gasteiger partial charge >= 0.3 is 0 Å². The molecule has 0 spiro atoms. The molecule has 0 amide bonds. The number of benzene rings is 4. The van der Waals surface area contributed by atoms with Gasteiger partial charge in [-0.15, -0.1) is 20.5 Å². The van der Waals surface area contributed by atoms with E-state index in [0.717, 1.165) is 6.07 Å². The topological polar surface area (TPSA) is 237 Å². The van der Waals surface area contributed by atoms with Crippen LogP contribution in [0.5, 0.6) is 17.2 Å². The maximum atomic E-state index is 12.6. The molecular weight excluding hydrogens is 675 g/mol. The molecule has 4 aromatic carbocycles. The lowest BCUT2D eigenvalue weighted by atomic mass is 10.1. The van der Waals surface area contributed by atoms with Gasteiger partial charge in [0.05, 0.1) is 46.6 Å². The highest BCUT2D eigenvalue weighted by Crippen LogP contribution is 2.46. The molecule has 0 aliphatic carbocycles. The first-order valence-electron chi connectivity index (χ1n) is 13.8. The molecule has 0 heterocycles. The molecule has 18 heteroatoms. The number of hydrogen-bond donors (Lipinski definition) is 3. The van der Waals surface area contributed by atoms with Crippen LogP contribution >= 0.6 is 0 Å². The second-order valence-electron chi connectivity index (χ2n) is 9.93. The predicted molar refractivity (Wildman–Crippen MR) is 174 cm³/mol. The minimum atomic E-state index is -4.95. The fourth-order valence-electron chi connectivity index (χ4n) is 4.49. The van der Waals surface area contributed by atoms with Crippen molar-refractivity contribution in [3.63, 3.8) is 0 Å². The molecule has 4 N–H and O–H groups in total. The maximum Gasteiger partial charge on any atom is 0.296 e. The summed E-state index contributed by atoms with van der Waals surface area (Å²) in [5.41, 5.74) is 5.15. The SMILES string of the molecule is CCCS(=O)(=O)c1ccc(OC)c(N=Nc2c(S(=O)(=O)O)cc3ccc(N=Nc4cc(S(=O)(=O)CC)ccc4OC)c(O)c3c2N)c1. The monoisotopic (exact) mass is 705 g/mol. The largest absolute Gasteiger partial charge is 0.505 e. The highest BCUT2D eigenvalue weighted by atomic mass is 32.2. The first kappa shape index (κ1) is 35.2. The first-order chi connectivity index (χ1) is 22.1. The lowest BCUT2D eigenvalue weighted by Gasteiger charge is -2.12. The van der Waals surface area contributed by atoms with E-state index in [0.29, 0.717) is 6.42 Å². The number of phenolic OH excluding ortho intramolecular Hbond substituents is 1. The van der Waals surface area contributed by atoms with Crippen molar-refractivity contribution in [2.24, 2.45) is 20.5 Å². The van der Waals surface area contributed by atoms with E-state index in [1.165, 1.54) is 69.7 Å². The van der Waals surface area contributed by atoms with Gasteiger partial charge in [-0.3, -0.25) is 4.55 Å². The number of fused-ring (bicyclic) bond motifs is 1. The molecule has 0 bridgehead atoms. The number of sulfone groups is 2. The molecule has 0 aliphatic heterocycles. The number of anilines is 1. The summed E-state index contributed by atoms with van der Waals surface area (Å²) >= 11 is 0. The second kappa shape index (κ2) is 13.6. The quantitative estimate of drug-likeness (QED) is 0.0852. The van der Waals surface area contributed by atoms with Gasteiger partial charge in [0.25, 0.3) is 10.1 Å². The molecule has 4 rings (SSSR count). The molecule has 250 valence electrons. The maximum absolute atomic E-state index is 12.6. The van der Waals surface area contributed by atoms with Crippen LogP contribution in [0.15, 0.2) is 89.7 Å². The van der Waals surface area contributed by atoms with Crippen LogP contribution in [0.4, 0.5) is 28.4 Å². The lowest BCUT2D eigenvalue weighted by Crippen LogP contribution is -2.05. The van der Waals surface area contributed by atoms with Crippen molar-refractivity contribution in [3.05, 3.63) is 54.6 Å². The fourth-order valence-corrected chi connectivity index (χ4v) is 7.40. The lowest BCUT2D eigenvalue weighted by molar-refractivity contribution is 0.415. The van der Waals surface area contributed by atoms with E-state index in [4.69, 9.17) is 15.2 Å². The Hall–Kier alpha value is -4.65. The zero-order chi connectivity index (χ0) is 34.7. The number of nitrogens with two attached hydrogens (primary N) is 1. The van der Waals surface area contributed by atoms with Gasteiger partial charge in [0, 0.05) is 0 Å². The Labute approximate surface area is 271 Å². The number of hydrogen-bond acceptors (Lipinski definition) is 14. The standard InChI is InChI=1S/C29H31N5O10S3/c1-5-13-46(38,39)19-9-12-24(44-4)22(16-19)33-34-28-25(47(40,41)42)14-17-7-10-20(29(35)26(17)27(28)30)31-32-21-15-18(45(36,37)6-2)8-11-23(21)43-3/h7-12,14-16,35H,5-6,13,30H2,1-4H3,(H,40,41,42). The van der Waals surface area contributed by atoms with Gasteiger partial charge in [-0.1, -0.05) is 19.9 Å². The number of methoxy groups -OCH3 is 2. The Balaban J connectivity index is 1.89. The van der Waals surface area contributed by atoms with Crippen molar-refractivity contribution in [3.8, 4) is 17.2 Å². The number of ether oxygens (including phenoxy) is 2. The highest BCUT2D eigenvalue weighted by molar-refractivity contribution is 7.91. The molecule has 0 aromatic heterocycles. The van der Waals surface area contributed by atoms with Gasteiger partial charge in [0.1, 0.15) is 39.1 Å². The Kier molecular flexibility index (Phi) is 10.2. The first-order valence-corrected chi connectivity index (χ1v) is 18.5. The number of phenols is 1. The molecule has 0 unspecified atom stereocenters. The molecule has 0 atom stereocenters. The fraction of sp³-hybridized carbons (Fsp3) is 0.241. The van der Waals surface area contributed by atoms with Gasteiger partial charge in [-0.05, 0) is 60.3 Å². The molecule has 0 radical (unpaired) electrons. The molecule has 4 aromatic rings. The van der Waals surface area contributed by atoms with E-state index in [9.17, 15) is 34.9 Å². The third-order valence-electron chi connectivity index (χ3n) is 6.91. The summed E-state index contributed by atoms with van der Waals surface area (Å²) < 4.78 is 95.3. The summed E-state index contributed by atoms with van der Waals surface area (Å²) in [5, 5.41) is 27.2. The molecule has 0 saturated carbocycles. The van der Waals surface area contributed by atoms with Gasteiger partial charge in [-0.2, -0.15) is 8.42 Å². The summed E-state index contributed by atoms with van der Waals surface area (Å²) in [7, 11) is -9.54. The Morgan fingerprint density at radius 2 is 1.26 bits per heavy atom. The molecule has 0 aliphatic rings. The van der Waals surface area contributed by atoms with E-state index < -0.39 is 51.8 Å². The van der Waals surface area contributed by atoms with Gasteiger partial charge in [0.2, 0.25) is 0 Å². The summed E-state index contributed by atoms with van der Waals surface area (Å²) in [5.74, 6) is -0.527. The van der Waals surface area contributed by atoms with E-state index >= 15 is 0 Å². The third kappa shape index (κ3) is 7.35. The summed E-state index contributed by atoms with van der Waals surface area (Å²) in [6.45, 7) is 3.20. The van der Waals surface area contributed by atoms with Crippen molar-refractivity contribution in [2.75, 3.05) is 31.5 Å².